The number of nitrogens with zero attached hydrogens (tertiary/aromatic N) is 1. The van der Waals surface area contributed by atoms with Crippen molar-refractivity contribution < 1.29 is 27.9 Å². The summed E-state index contributed by atoms with van der Waals surface area (Å²) in [6.45, 7) is 4.97. The lowest BCUT2D eigenvalue weighted by Gasteiger charge is -2.28. The summed E-state index contributed by atoms with van der Waals surface area (Å²) in [6, 6.07) is -1.23. The van der Waals surface area contributed by atoms with E-state index < -0.39 is 33.5 Å². The molecular formula is C11H21NO6S. The van der Waals surface area contributed by atoms with Gasteiger partial charge in [-0.2, -0.15) is 0 Å². The number of hydrogen-bond acceptors (Lipinski definition) is 5. The van der Waals surface area contributed by atoms with Crippen LogP contribution in [0.25, 0.3) is 0 Å². The standard InChI is InChI=1S/C11H21NO6S/c1-11(2,3)18-10(15)12(4)8(9(13)14)6-7-19(5,16)17/h8H,6-7H2,1-5H3,(H,13,14)/t8-/m0/s1. The second-order valence-electron chi connectivity index (χ2n) is 5.36. The molecule has 0 saturated carbocycles. The van der Waals surface area contributed by atoms with Crippen molar-refractivity contribution in [1.29, 1.82) is 0 Å². The summed E-state index contributed by atoms with van der Waals surface area (Å²) in [5.74, 6) is -1.58. The fourth-order valence-electron chi connectivity index (χ4n) is 1.27. The van der Waals surface area contributed by atoms with Gasteiger partial charge in [0.05, 0.1) is 5.75 Å². The van der Waals surface area contributed by atoms with Crippen molar-refractivity contribution in [2.45, 2.75) is 38.8 Å². The van der Waals surface area contributed by atoms with Crippen molar-refractivity contribution in [3.8, 4) is 0 Å². The van der Waals surface area contributed by atoms with Gasteiger partial charge < -0.3 is 9.84 Å². The summed E-state index contributed by atoms with van der Waals surface area (Å²) in [4.78, 5) is 23.7. The zero-order chi connectivity index (χ0) is 15.4. The third kappa shape index (κ3) is 7.66. The number of hydrogen-bond donors (Lipinski definition) is 1. The molecule has 0 aromatic rings. The average Bonchev–Trinajstić information content (AvgIpc) is 2.12. The van der Waals surface area contributed by atoms with Crippen LogP contribution >= 0.6 is 0 Å². The number of carbonyl (C=O) groups is 2. The van der Waals surface area contributed by atoms with Gasteiger partial charge in [0.15, 0.2) is 0 Å². The lowest BCUT2D eigenvalue weighted by Crippen LogP contribution is -2.45. The van der Waals surface area contributed by atoms with Gasteiger partial charge in [0.2, 0.25) is 0 Å². The Balaban J connectivity index is 4.80. The minimum absolute atomic E-state index is 0.177. The summed E-state index contributed by atoms with van der Waals surface area (Å²) < 4.78 is 27.1. The molecule has 0 saturated heterocycles. The molecule has 0 radical (unpaired) electrons. The van der Waals surface area contributed by atoms with E-state index in [0.29, 0.717) is 0 Å². The van der Waals surface area contributed by atoms with Gasteiger partial charge >= 0.3 is 12.1 Å². The highest BCUT2D eigenvalue weighted by atomic mass is 32.2. The highest BCUT2D eigenvalue weighted by molar-refractivity contribution is 7.90. The number of ether oxygens (including phenoxy) is 1. The fraction of sp³-hybridized carbons (Fsp3) is 0.818. The molecule has 0 aliphatic heterocycles. The minimum Gasteiger partial charge on any atom is -0.480 e. The predicted octanol–water partition coefficient (Wildman–Crippen LogP) is 0.741. The van der Waals surface area contributed by atoms with E-state index in [1.165, 1.54) is 7.05 Å². The van der Waals surface area contributed by atoms with E-state index in [2.05, 4.69) is 0 Å². The van der Waals surface area contributed by atoms with Crippen molar-refractivity contribution >= 4 is 21.9 Å². The second-order valence-corrected chi connectivity index (χ2v) is 7.62. The largest absolute Gasteiger partial charge is 0.480 e. The van der Waals surface area contributed by atoms with E-state index in [9.17, 15) is 18.0 Å². The Morgan fingerprint density at radius 1 is 1.32 bits per heavy atom. The van der Waals surface area contributed by atoms with E-state index in [1.54, 1.807) is 20.8 Å². The normalized spacial score (nSPS) is 13.7. The van der Waals surface area contributed by atoms with Crippen LogP contribution in [0.5, 0.6) is 0 Å². The zero-order valence-electron chi connectivity index (χ0n) is 11.8. The summed E-state index contributed by atoms with van der Waals surface area (Å²) in [5.41, 5.74) is -0.745. The summed E-state index contributed by atoms with van der Waals surface area (Å²) >= 11 is 0. The molecule has 0 aromatic heterocycles. The predicted molar refractivity (Wildman–Crippen MR) is 69.7 cm³/mol. The van der Waals surface area contributed by atoms with Gasteiger partial charge in [-0.05, 0) is 27.2 Å². The van der Waals surface area contributed by atoms with E-state index in [4.69, 9.17) is 9.84 Å². The lowest BCUT2D eigenvalue weighted by atomic mass is 10.2. The van der Waals surface area contributed by atoms with E-state index in [1.807, 2.05) is 0 Å². The number of carboxylic acids is 1. The monoisotopic (exact) mass is 295 g/mol. The maximum atomic E-state index is 11.7. The molecule has 0 bridgehead atoms. The third-order valence-electron chi connectivity index (χ3n) is 2.20. The Morgan fingerprint density at radius 3 is 2.11 bits per heavy atom. The van der Waals surface area contributed by atoms with E-state index in [0.717, 1.165) is 11.2 Å². The topological polar surface area (TPSA) is 101 Å². The molecule has 0 aliphatic rings. The van der Waals surface area contributed by atoms with Crippen molar-refractivity contribution in [3.05, 3.63) is 0 Å². The quantitative estimate of drug-likeness (QED) is 0.803. The molecular weight excluding hydrogens is 274 g/mol. The SMILES string of the molecule is CN(C(=O)OC(C)(C)C)[C@@H](CCS(C)(=O)=O)C(=O)O. The smallest absolute Gasteiger partial charge is 0.410 e. The number of sulfone groups is 1. The summed E-state index contributed by atoms with van der Waals surface area (Å²) in [6.07, 6.45) is 0.0388. The molecule has 0 fully saturated rings. The van der Waals surface area contributed by atoms with Crippen LogP contribution in [0.15, 0.2) is 0 Å². The molecule has 19 heavy (non-hydrogen) atoms. The van der Waals surface area contributed by atoms with Crippen molar-refractivity contribution in [1.82, 2.24) is 4.90 Å². The van der Waals surface area contributed by atoms with Gasteiger partial charge in [-0.25, -0.2) is 18.0 Å². The number of carbonyl (C=O) groups excluding carboxylic acids is 1. The molecule has 0 unspecified atom stereocenters. The van der Waals surface area contributed by atoms with Gasteiger partial charge in [0.25, 0.3) is 0 Å². The zero-order valence-corrected chi connectivity index (χ0v) is 12.7. The summed E-state index contributed by atoms with van der Waals surface area (Å²) in [5, 5.41) is 9.04. The molecule has 0 aromatic carbocycles. The molecule has 0 aliphatic carbocycles. The average molecular weight is 295 g/mol. The van der Waals surface area contributed by atoms with Crippen LogP contribution in [0.4, 0.5) is 4.79 Å². The molecule has 0 spiro atoms. The van der Waals surface area contributed by atoms with Crippen LogP contribution in [-0.2, 0) is 19.4 Å². The van der Waals surface area contributed by atoms with Crippen molar-refractivity contribution in [2.75, 3.05) is 19.1 Å². The molecule has 1 N–H and O–H groups in total. The Bertz CT molecular complexity index is 437. The van der Waals surface area contributed by atoms with Crippen LogP contribution in [0.1, 0.15) is 27.2 Å². The molecule has 1 amide bonds. The maximum Gasteiger partial charge on any atom is 0.410 e. The number of amides is 1. The highest BCUT2D eigenvalue weighted by Gasteiger charge is 2.30. The van der Waals surface area contributed by atoms with E-state index in [-0.39, 0.29) is 12.2 Å². The van der Waals surface area contributed by atoms with Gasteiger partial charge in [-0.15, -0.1) is 0 Å². The first-order chi connectivity index (χ1) is 8.33. The van der Waals surface area contributed by atoms with Crippen LogP contribution in [0.3, 0.4) is 0 Å². The number of carboxylic acid groups (broad SMARTS) is 1. The molecule has 0 rings (SSSR count). The highest BCUT2D eigenvalue weighted by Crippen LogP contribution is 2.13. The van der Waals surface area contributed by atoms with Gasteiger partial charge in [0.1, 0.15) is 21.5 Å². The number of aliphatic carboxylic acids is 1. The molecule has 8 heteroatoms. The van der Waals surface area contributed by atoms with Crippen molar-refractivity contribution in [2.24, 2.45) is 0 Å². The maximum absolute atomic E-state index is 11.7. The first-order valence-corrected chi connectivity index (χ1v) is 7.76. The van der Waals surface area contributed by atoms with Crippen LogP contribution in [0, 0.1) is 0 Å². The molecule has 0 heterocycles. The second kappa shape index (κ2) is 6.23. The molecule has 112 valence electrons. The van der Waals surface area contributed by atoms with E-state index >= 15 is 0 Å². The Kier molecular flexibility index (Phi) is 5.80. The molecule has 7 nitrogen and oxygen atoms in total. The number of rotatable bonds is 5. The Labute approximate surface area is 113 Å². The minimum atomic E-state index is -3.29. The Morgan fingerprint density at radius 2 is 1.79 bits per heavy atom. The molecule has 1 atom stereocenters. The van der Waals surface area contributed by atoms with Crippen molar-refractivity contribution in [3.63, 3.8) is 0 Å². The van der Waals surface area contributed by atoms with Crippen LogP contribution in [-0.4, -0.2) is 61.2 Å². The summed E-state index contributed by atoms with van der Waals surface area (Å²) in [7, 11) is -2.02. The first kappa shape index (κ1) is 17.7. The number of likely N-dealkylation sites (N-methyl/N-ethyl adjacent to an activating group) is 1. The fourth-order valence-corrected chi connectivity index (χ4v) is 1.92. The van der Waals surface area contributed by atoms with Gasteiger partial charge in [-0.3, -0.25) is 4.90 Å². The first-order valence-electron chi connectivity index (χ1n) is 5.70. The lowest BCUT2D eigenvalue weighted by molar-refractivity contribution is -0.142. The van der Waals surface area contributed by atoms with Gasteiger partial charge in [0, 0.05) is 13.3 Å². The van der Waals surface area contributed by atoms with Crippen LogP contribution < -0.4 is 0 Å². The Hall–Kier alpha value is -1.31. The third-order valence-corrected chi connectivity index (χ3v) is 3.17. The van der Waals surface area contributed by atoms with Gasteiger partial charge in [-0.1, -0.05) is 0 Å². The van der Waals surface area contributed by atoms with Crippen LogP contribution in [0.2, 0.25) is 0 Å².